The van der Waals surface area contributed by atoms with Crippen LogP contribution in [0.5, 0.6) is 11.6 Å². The minimum atomic E-state index is -4.83. The first kappa shape index (κ1) is 17.9. The van der Waals surface area contributed by atoms with Crippen LogP contribution in [0.2, 0.25) is 0 Å². The first-order valence-corrected chi connectivity index (χ1v) is 9.21. The van der Waals surface area contributed by atoms with E-state index < -0.39 is 22.1 Å². The standard InChI is InChI=1S/C13H12F3N3O4S2/c14-13(15,16)23-9-1-3-11(4-2-9)25(20,21)19-6-5-10(8-19)22-12-7-17-24-18-12/h1-4,7,10H,5-6,8H2. The molecular weight excluding hydrogens is 383 g/mol. The highest BCUT2D eigenvalue weighted by atomic mass is 32.2. The molecule has 0 amide bonds. The molecule has 7 nitrogen and oxygen atoms in total. The number of nitrogens with zero attached hydrogens (tertiary/aromatic N) is 3. The van der Waals surface area contributed by atoms with Gasteiger partial charge in [0.2, 0.25) is 15.9 Å². The molecule has 1 aliphatic rings. The molecule has 2 aromatic rings. The smallest absolute Gasteiger partial charge is 0.471 e. The quantitative estimate of drug-likeness (QED) is 0.773. The summed E-state index contributed by atoms with van der Waals surface area (Å²) >= 11 is 0.983. The van der Waals surface area contributed by atoms with Crippen LogP contribution in [0.15, 0.2) is 35.4 Å². The van der Waals surface area contributed by atoms with E-state index in [1.165, 1.54) is 10.5 Å². The molecule has 1 aromatic heterocycles. The monoisotopic (exact) mass is 395 g/mol. The molecule has 0 N–H and O–H groups in total. The lowest BCUT2D eigenvalue weighted by atomic mass is 10.3. The Bertz CT molecular complexity index is 810. The Kier molecular flexibility index (Phi) is 4.84. The topological polar surface area (TPSA) is 81.6 Å². The summed E-state index contributed by atoms with van der Waals surface area (Å²) in [7, 11) is -3.83. The molecule has 2 heterocycles. The summed E-state index contributed by atoms with van der Waals surface area (Å²) in [5.41, 5.74) is 0. The number of alkyl halides is 3. The van der Waals surface area contributed by atoms with Gasteiger partial charge in [-0.05, 0) is 30.7 Å². The number of halogens is 3. The number of hydrogen-bond acceptors (Lipinski definition) is 7. The minimum Gasteiger partial charge on any atom is -0.471 e. The summed E-state index contributed by atoms with van der Waals surface area (Å²) in [6, 6.07) is 4.08. The van der Waals surface area contributed by atoms with Gasteiger partial charge in [0.15, 0.2) is 0 Å². The van der Waals surface area contributed by atoms with Gasteiger partial charge >= 0.3 is 6.36 Å². The highest BCUT2D eigenvalue weighted by Crippen LogP contribution is 2.27. The second-order valence-electron chi connectivity index (χ2n) is 5.16. The van der Waals surface area contributed by atoms with E-state index in [0.29, 0.717) is 12.3 Å². The molecular formula is C13H12F3N3O4S2. The highest BCUT2D eigenvalue weighted by Gasteiger charge is 2.35. The number of rotatable bonds is 5. The van der Waals surface area contributed by atoms with Crippen LogP contribution < -0.4 is 9.47 Å². The van der Waals surface area contributed by atoms with Crippen molar-refractivity contribution >= 4 is 21.8 Å². The third-order valence-electron chi connectivity index (χ3n) is 3.43. The second kappa shape index (κ2) is 6.77. The largest absolute Gasteiger partial charge is 0.573 e. The van der Waals surface area contributed by atoms with E-state index in [2.05, 4.69) is 13.5 Å². The van der Waals surface area contributed by atoms with Crippen molar-refractivity contribution < 1.29 is 31.1 Å². The van der Waals surface area contributed by atoms with Gasteiger partial charge < -0.3 is 9.47 Å². The van der Waals surface area contributed by atoms with E-state index in [1.54, 1.807) is 0 Å². The molecule has 0 aliphatic carbocycles. The molecule has 136 valence electrons. The van der Waals surface area contributed by atoms with Crippen LogP contribution in [0, 0.1) is 0 Å². The Morgan fingerprint density at radius 1 is 1.24 bits per heavy atom. The van der Waals surface area contributed by atoms with Gasteiger partial charge in [0, 0.05) is 6.54 Å². The van der Waals surface area contributed by atoms with Gasteiger partial charge in [-0.15, -0.1) is 17.5 Å². The zero-order chi connectivity index (χ0) is 18.1. The number of benzene rings is 1. The molecule has 0 spiro atoms. The lowest BCUT2D eigenvalue weighted by molar-refractivity contribution is -0.274. The predicted molar refractivity (Wildman–Crippen MR) is 80.8 cm³/mol. The lowest BCUT2D eigenvalue weighted by Gasteiger charge is -2.17. The third kappa shape index (κ3) is 4.38. The van der Waals surface area contributed by atoms with Crippen molar-refractivity contribution in [3.8, 4) is 11.6 Å². The fourth-order valence-corrected chi connectivity index (χ4v) is 4.19. The van der Waals surface area contributed by atoms with Gasteiger partial charge in [0.05, 0.1) is 23.2 Å². The summed E-state index contributed by atoms with van der Waals surface area (Å²) in [6.45, 7) is 0.367. The molecule has 25 heavy (non-hydrogen) atoms. The van der Waals surface area contributed by atoms with Crippen LogP contribution in [0.1, 0.15) is 6.42 Å². The van der Waals surface area contributed by atoms with Crippen molar-refractivity contribution in [2.24, 2.45) is 0 Å². The molecule has 1 aromatic carbocycles. The molecule has 1 fully saturated rings. The Hall–Kier alpha value is -1.92. The van der Waals surface area contributed by atoms with Gasteiger partial charge in [0.25, 0.3) is 0 Å². The van der Waals surface area contributed by atoms with Gasteiger partial charge in [0.1, 0.15) is 18.1 Å². The lowest BCUT2D eigenvalue weighted by Crippen LogP contribution is -2.31. The van der Waals surface area contributed by atoms with Crippen molar-refractivity contribution in [3.05, 3.63) is 30.5 Å². The van der Waals surface area contributed by atoms with Crippen LogP contribution in [0.3, 0.4) is 0 Å². The zero-order valence-electron chi connectivity index (χ0n) is 12.5. The SMILES string of the molecule is O=S(=O)(c1ccc(OC(F)(F)F)cc1)N1CCC(Oc2cnsn2)C1. The maximum Gasteiger partial charge on any atom is 0.573 e. The second-order valence-corrected chi connectivity index (χ2v) is 7.65. The van der Waals surface area contributed by atoms with Gasteiger partial charge in [-0.1, -0.05) is 0 Å². The van der Waals surface area contributed by atoms with Crippen LogP contribution in [0.25, 0.3) is 0 Å². The van der Waals surface area contributed by atoms with Crippen molar-refractivity contribution in [2.45, 2.75) is 23.8 Å². The van der Waals surface area contributed by atoms with E-state index in [9.17, 15) is 21.6 Å². The summed E-state index contributed by atoms with van der Waals surface area (Å²) < 4.78 is 79.7. The molecule has 0 radical (unpaired) electrons. The fraction of sp³-hybridized carbons (Fsp3) is 0.385. The van der Waals surface area contributed by atoms with Crippen molar-refractivity contribution in [1.29, 1.82) is 0 Å². The average molecular weight is 395 g/mol. The number of aromatic nitrogens is 2. The van der Waals surface area contributed by atoms with Crippen LogP contribution >= 0.6 is 11.7 Å². The number of ether oxygens (including phenoxy) is 2. The van der Waals surface area contributed by atoms with Gasteiger partial charge in [-0.25, -0.2) is 8.42 Å². The Labute approximate surface area is 145 Å². The third-order valence-corrected chi connectivity index (χ3v) is 5.77. The molecule has 1 unspecified atom stereocenters. The molecule has 3 rings (SSSR count). The summed E-state index contributed by atoms with van der Waals surface area (Å²) in [5, 5.41) is 0. The summed E-state index contributed by atoms with van der Waals surface area (Å²) in [5.74, 6) is -0.145. The Balaban J connectivity index is 1.67. The molecule has 1 atom stereocenters. The fourth-order valence-electron chi connectivity index (χ4n) is 2.35. The van der Waals surface area contributed by atoms with E-state index in [1.807, 2.05) is 0 Å². The van der Waals surface area contributed by atoms with Crippen LogP contribution in [-0.2, 0) is 10.0 Å². The van der Waals surface area contributed by atoms with Crippen LogP contribution in [0.4, 0.5) is 13.2 Å². The molecule has 12 heteroatoms. The van der Waals surface area contributed by atoms with Crippen molar-refractivity contribution in [2.75, 3.05) is 13.1 Å². The van der Waals surface area contributed by atoms with Crippen molar-refractivity contribution in [3.63, 3.8) is 0 Å². The summed E-state index contributed by atoms with van der Waals surface area (Å²) in [6.07, 6.45) is -3.26. The van der Waals surface area contributed by atoms with Gasteiger partial charge in [-0.3, -0.25) is 0 Å². The predicted octanol–water partition coefficient (Wildman–Crippen LogP) is 2.28. The van der Waals surface area contributed by atoms with Gasteiger partial charge in [-0.2, -0.15) is 8.68 Å². The first-order valence-electron chi connectivity index (χ1n) is 7.04. The maximum atomic E-state index is 12.6. The Morgan fingerprint density at radius 3 is 2.56 bits per heavy atom. The van der Waals surface area contributed by atoms with E-state index in [4.69, 9.17) is 4.74 Å². The van der Waals surface area contributed by atoms with E-state index in [0.717, 1.165) is 36.0 Å². The highest BCUT2D eigenvalue weighted by molar-refractivity contribution is 7.89. The average Bonchev–Trinajstić information content (AvgIpc) is 3.18. The van der Waals surface area contributed by atoms with Crippen molar-refractivity contribution in [1.82, 2.24) is 13.1 Å². The Morgan fingerprint density at radius 2 is 1.96 bits per heavy atom. The molecule has 0 bridgehead atoms. The van der Waals surface area contributed by atoms with E-state index >= 15 is 0 Å². The maximum absolute atomic E-state index is 12.6. The minimum absolute atomic E-state index is 0.113. The van der Waals surface area contributed by atoms with Crippen LogP contribution in [-0.4, -0.2) is 47.0 Å². The number of hydrogen-bond donors (Lipinski definition) is 0. The molecule has 1 aliphatic heterocycles. The zero-order valence-corrected chi connectivity index (χ0v) is 14.1. The molecule has 0 saturated carbocycles. The normalized spacial score (nSPS) is 19.1. The van der Waals surface area contributed by atoms with E-state index in [-0.39, 0.29) is 24.1 Å². The summed E-state index contributed by atoms with van der Waals surface area (Å²) in [4.78, 5) is -0.113. The molecule has 1 saturated heterocycles. The first-order chi connectivity index (χ1) is 11.7. The number of sulfonamides is 1.